The quantitative estimate of drug-likeness (QED) is 0.805. The number of carbonyl (C=O) groups is 1. The number of carbonyl (C=O) groups excluding carboxylic acids is 1. The maximum atomic E-state index is 12.8. The van der Waals surface area contributed by atoms with Crippen LogP contribution in [-0.4, -0.2) is 56.1 Å². The Morgan fingerprint density at radius 1 is 1.04 bits per heavy atom. The van der Waals surface area contributed by atoms with E-state index in [1.54, 1.807) is 12.1 Å². The summed E-state index contributed by atoms with van der Waals surface area (Å²) in [5, 5.41) is 0.373. The molecule has 0 N–H and O–H groups in total. The van der Waals surface area contributed by atoms with Crippen molar-refractivity contribution in [2.24, 2.45) is 0 Å². The van der Waals surface area contributed by atoms with Crippen LogP contribution < -0.4 is 9.47 Å². The van der Waals surface area contributed by atoms with Crippen LogP contribution in [0, 0.1) is 0 Å². The van der Waals surface area contributed by atoms with Gasteiger partial charge in [0.05, 0.1) is 19.2 Å². The number of methoxy groups -OCH3 is 2. The van der Waals surface area contributed by atoms with Crippen LogP contribution in [0.15, 0.2) is 42.5 Å². The van der Waals surface area contributed by atoms with E-state index in [1.165, 1.54) is 19.8 Å². The Bertz CT molecular complexity index is 759. The minimum absolute atomic E-state index is 0.0350. The van der Waals surface area contributed by atoms with E-state index < -0.39 is 0 Å². The van der Waals surface area contributed by atoms with E-state index >= 15 is 0 Å². The minimum atomic E-state index is -0.0350. The Hall–Kier alpha value is -2.24. The molecule has 1 aliphatic rings. The summed E-state index contributed by atoms with van der Waals surface area (Å²) in [6.45, 7) is 3.99. The fraction of sp³-hybridized carbons (Fsp3) is 0.350. The van der Waals surface area contributed by atoms with E-state index in [0.29, 0.717) is 35.2 Å². The van der Waals surface area contributed by atoms with E-state index in [9.17, 15) is 4.79 Å². The third-order valence-corrected chi connectivity index (χ3v) is 4.87. The Morgan fingerprint density at radius 2 is 1.73 bits per heavy atom. The van der Waals surface area contributed by atoms with Crippen molar-refractivity contribution in [3.8, 4) is 11.5 Å². The zero-order chi connectivity index (χ0) is 18.5. The highest BCUT2D eigenvalue weighted by atomic mass is 35.5. The van der Waals surface area contributed by atoms with Crippen LogP contribution in [0.5, 0.6) is 11.5 Å². The summed E-state index contributed by atoms with van der Waals surface area (Å²) in [7, 11) is 3.06. The number of hydrogen-bond donors (Lipinski definition) is 0. The number of piperazine rings is 1. The van der Waals surface area contributed by atoms with Crippen molar-refractivity contribution in [3.63, 3.8) is 0 Å². The van der Waals surface area contributed by atoms with Gasteiger partial charge in [0.25, 0.3) is 5.91 Å². The summed E-state index contributed by atoms with van der Waals surface area (Å²) >= 11 is 6.23. The van der Waals surface area contributed by atoms with Crippen LogP contribution in [0.1, 0.15) is 15.9 Å². The maximum Gasteiger partial charge on any atom is 0.254 e. The van der Waals surface area contributed by atoms with Gasteiger partial charge in [-0.25, -0.2) is 0 Å². The Morgan fingerprint density at radius 3 is 2.35 bits per heavy atom. The van der Waals surface area contributed by atoms with Crippen LogP contribution in [-0.2, 0) is 6.54 Å². The van der Waals surface area contributed by atoms with Gasteiger partial charge in [0.1, 0.15) is 0 Å². The summed E-state index contributed by atoms with van der Waals surface area (Å²) in [4.78, 5) is 17.1. The van der Waals surface area contributed by atoms with E-state index in [-0.39, 0.29) is 5.91 Å². The molecule has 0 saturated carbocycles. The second kappa shape index (κ2) is 8.43. The number of rotatable bonds is 5. The van der Waals surface area contributed by atoms with E-state index in [1.807, 2.05) is 11.0 Å². The molecular formula is C20H23ClN2O3. The van der Waals surface area contributed by atoms with E-state index in [2.05, 4.69) is 29.2 Å². The Kier molecular flexibility index (Phi) is 6.01. The van der Waals surface area contributed by atoms with Gasteiger partial charge < -0.3 is 14.4 Å². The van der Waals surface area contributed by atoms with Crippen LogP contribution in [0.3, 0.4) is 0 Å². The molecule has 0 aliphatic carbocycles. The molecule has 1 saturated heterocycles. The molecule has 1 fully saturated rings. The molecule has 1 aliphatic heterocycles. The first-order chi connectivity index (χ1) is 12.6. The summed E-state index contributed by atoms with van der Waals surface area (Å²) in [6, 6.07) is 13.7. The van der Waals surface area contributed by atoms with Gasteiger partial charge in [-0.05, 0) is 17.7 Å². The van der Waals surface area contributed by atoms with Gasteiger partial charge in [-0.1, -0.05) is 41.9 Å². The lowest BCUT2D eigenvalue weighted by Crippen LogP contribution is -2.48. The predicted molar refractivity (Wildman–Crippen MR) is 102 cm³/mol. The van der Waals surface area contributed by atoms with Crippen molar-refractivity contribution in [1.82, 2.24) is 9.80 Å². The zero-order valence-corrected chi connectivity index (χ0v) is 15.8. The van der Waals surface area contributed by atoms with Crippen molar-refractivity contribution in [3.05, 3.63) is 58.6 Å². The zero-order valence-electron chi connectivity index (χ0n) is 15.1. The lowest BCUT2D eigenvalue weighted by molar-refractivity contribution is 0.0628. The molecule has 2 aromatic rings. The molecule has 0 aromatic heterocycles. The SMILES string of the molecule is COc1cc(C(=O)N2CCN(Cc3ccccc3)CC2)cc(Cl)c1OC. The average molecular weight is 375 g/mol. The second-order valence-electron chi connectivity index (χ2n) is 6.25. The van der Waals surface area contributed by atoms with Crippen LogP contribution >= 0.6 is 11.6 Å². The maximum absolute atomic E-state index is 12.8. The van der Waals surface area contributed by atoms with Gasteiger partial charge in [0.2, 0.25) is 0 Å². The molecule has 138 valence electrons. The van der Waals surface area contributed by atoms with Gasteiger partial charge in [0.15, 0.2) is 11.5 Å². The molecule has 2 aromatic carbocycles. The molecule has 0 bridgehead atoms. The first kappa shape index (κ1) is 18.5. The predicted octanol–water partition coefficient (Wildman–Crippen LogP) is 3.32. The van der Waals surface area contributed by atoms with Crippen LogP contribution in [0.25, 0.3) is 0 Å². The molecule has 6 heteroatoms. The molecule has 5 nitrogen and oxygen atoms in total. The first-order valence-electron chi connectivity index (χ1n) is 8.59. The van der Waals surface area contributed by atoms with Crippen LogP contribution in [0.2, 0.25) is 5.02 Å². The highest BCUT2D eigenvalue weighted by molar-refractivity contribution is 6.32. The summed E-state index contributed by atoms with van der Waals surface area (Å²) < 4.78 is 10.5. The van der Waals surface area contributed by atoms with Gasteiger partial charge >= 0.3 is 0 Å². The minimum Gasteiger partial charge on any atom is -0.493 e. The highest BCUT2D eigenvalue weighted by Crippen LogP contribution is 2.36. The molecule has 0 spiro atoms. The summed E-state index contributed by atoms with van der Waals surface area (Å²) in [5.74, 6) is 0.872. The molecule has 26 heavy (non-hydrogen) atoms. The fourth-order valence-corrected chi connectivity index (χ4v) is 3.46. The Balaban J connectivity index is 1.64. The highest BCUT2D eigenvalue weighted by Gasteiger charge is 2.24. The number of amides is 1. The van der Waals surface area contributed by atoms with Crippen molar-refractivity contribution < 1.29 is 14.3 Å². The number of benzene rings is 2. The molecule has 1 heterocycles. The number of ether oxygens (including phenoxy) is 2. The van der Waals surface area contributed by atoms with E-state index in [0.717, 1.165) is 19.6 Å². The molecular weight excluding hydrogens is 352 g/mol. The first-order valence-corrected chi connectivity index (χ1v) is 8.97. The second-order valence-corrected chi connectivity index (χ2v) is 6.65. The third kappa shape index (κ3) is 4.11. The molecule has 3 rings (SSSR count). The number of nitrogens with zero attached hydrogens (tertiary/aromatic N) is 2. The van der Waals surface area contributed by atoms with Crippen LogP contribution in [0.4, 0.5) is 0 Å². The van der Waals surface area contributed by atoms with Crippen molar-refractivity contribution in [2.45, 2.75) is 6.54 Å². The average Bonchev–Trinajstić information content (AvgIpc) is 2.68. The number of hydrogen-bond acceptors (Lipinski definition) is 4. The normalized spacial score (nSPS) is 15.0. The molecule has 1 amide bonds. The fourth-order valence-electron chi connectivity index (χ4n) is 3.17. The Labute approximate surface area is 159 Å². The van der Waals surface area contributed by atoms with Gasteiger partial charge in [-0.15, -0.1) is 0 Å². The monoisotopic (exact) mass is 374 g/mol. The molecule has 0 radical (unpaired) electrons. The lowest BCUT2D eigenvalue weighted by Gasteiger charge is -2.35. The molecule has 0 atom stereocenters. The van der Waals surface area contributed by atoms with Gasteiger partial charge in [0, 0.05) is 38.3 Å². The van der Waals surface area contributed by atoms with E-state index in [4.69, 9.17) is 21.1 Å². The molecule has 0 unspecified atom stereocenters. The standard InChI is InChI=1S/C20H23ClN2O3/c1-25-18-13-16(12-17(21)19(18)26-2)20(24)23-10-8-22(9-11-23)14-15-6-4-3-5-7-15/h3-7,12-13H,8-11,14H2,1-2H3. The van der Waals surface area contributed by atoms with Crippen molar-refractivity contribution in [1.29, 1.82) is 0 Å². The van der Waals surface area contributed by atoms with Gasteiger partial charge in [-0.3, -0.25) is 9.69 Å². The lowest BCUT2D eigenvalue weighted by atomic mass is 10.1. The van der Waals surface area contributed by atoms with Crippen molar-refractivity contribution in [2.75, 3.05) is 40.4 Å². The van der Waals surface area contributed by atoms with Gasteiger partial charge in [-0.2, -0.15) is 0 Å². The summed E-state index contributed by atoms with van der Waals surface area (Å²) in [5.41, 5.74) is 1.81. The van der Waals surface area contributed by atoms with Crippen molar-refractivity contribution >= 4 is 17.5 Å². The summed E-state index contributed by atoms with van der Waals surface area (Å²) in [6.07, 6.45) is 0. The smallest absolute Gasteiger partial charge is 0.254 e. The topological polar surface area (TPSA) is 42.0 Å². The largest absolute Gasteiger partial charge is 0.493 e. The number of halogens is 1. The third-order valence-electron chi connectivity index (χ3n) is 4.59.